The molecule has 6 heteroatoms. The summed E-state index contributed by atoms with van der Waals surface area (Å²) in [6.45, 7) is 3.82. The van der Waals surface area contributed by atoms with Crippen molar-refractivity contribution in [2.75, 3.05) is 43.0 Å². The second-order valence-corrected chi connectivity index (χ2v) is 8.45. The molecule has 0 radical (unpaired) electrons. The fourth-order valence-corrected chi connectivity index (χ4v) is 4.89. The van der Waals surface area contributed by atoms with Crippen molar-refractivity contribution in [2.24, 2.45) is 0 Å². The summed E-state index contributed by atoms with van der Waals surface area (Å²) in [7, 11) is 2.13. The van der Waals surface area contributed by atoms with E-state index in [1.807, 2.05) is 54.6 Å². The number of aromatic nitrogens is 1. The second-order valence-electron chi connectivity index (χ2n) is 8.45. The maximum Gasteiger partial charge on any atom is 0.266 e. The molecule has 0 atom stereocenters. The second kappa shape index (κ2) is 7.14. The van der Waals surface area contributed by atoms with E-state index in [0.29, 0.717) is 22.3 Å². The van der Waals surface area contributed by atoms with Crippen LogP contribution in [-0.4, -0.2) is 54.9 Å². The summed E-state index contributed by atoms with van der Waals surface area (Å²) in [5.74, 6) is -0.608. The number of rotatable bonds is 2. The van der Waals surface area contributed by atoms with Gasteiger partial charge in [0.2, 0.25) is 0 Å². The number of fused-ring (bicyclic) bond motifs is 1. The minimum atomic E-state index is -0.304. The summed E-state index contributed by atoms with van der Waals surface area (Å²) < 4.78 is 0. The van der Waals surface area contributed by atoms with E-state index in [9.17, 15) is 9.59 Å². The SMILES string of the molecule is CN1CCN(c2ccc3c4c(cccc24)C(=O)N(c2cccc4cccnc24)C3=O)CC1. The maximum atomic E-state index is 13.6. The monoisotopic (exact) mass is 422 g/mol. The number of carbonyl (C=O) groups is 2. The normalized spacial score (nSPS) is 16.9. The van der Waals surface area contributed by atoms with E-state index in [1.54, 1.807) is 12.3 Å². The number of imide groups is 1. The molecule has 32 heavy (non-hydrogen) atoms. The van der Waals surface area contributed by atoms with E-state index in [2.05, 4.69) is 21.8 Å². The van der Waals surface area contributed by atoms with Crippen molar-refractivity contribution in [3.8, 4) is 0 Å². The van der Waals surface area contributed by atoms with Crippen LogP contribution >= 0.6 is 0 Å². The standard InChI is InChI=1S/C26H22N4O2/c1-28-13-15-29(16-14-28)21-11-10-20-23-18(21)7-3-8-19(23)25(31)30(26(20)32)22-9-2-5-17-6-4-12-27-24(17)22/h2-12H,13-16H2,1H3. The van der Waals surface area contributed by atoms with Crippen molar-refractivity contribution in [1.82, 2.24) is 9.88 Å². The molecular formula is C26H22N4O2. The van der Waals surface area contributed by atoms with Gasteiger partial charge in [-0.2, -0.15) is 0 Å². The Bertz CT molecular complexity index is 1380. The highest BCUT2D eigenvalue weighted by molar-refractivity contribution is 6.37. The van der Waals surface area contributed by atoms with Crippen molar-refractivity contribution in [3.05, 3.63) is 78.0 Å². The van der Waals surface area contributed by atoms with Crippen LogP contribution in [-0.2, 0) is 0 Å². The molecule has 2 amide bonds. The molecule has 1 aromatic heterocycles. The topological polar surface area (TPSA) is 56.8 Å². The number of piperazine rings is 1. The molecule has 4 aromatic rings. The fraction of sp³-hybridized carbons (Fsp3) is 0.192. The predicted octanol–water partition coefficient (Wildman–Crippen LogP) is 3.94. The number of pyridine rings is 1. The smallest absolute Gasteiger partial charge is 0.266 e. The minimum absolute atomic E-state index is 0.304. The highest BCUT2D eigenvalue weighted by Crippen LogP contribution is 2.38. The Morgan fingerprint density at radius 2 is 1.47 bits per heavy atom. The quantitative estimate of drug-likeness (QED) is 0.458. The minimum Gasteiger partial charge on any atom is -0.368 e. The van der Waals surface area contributed by atoms with Gasteiger partial charge in [-0.1, -0.05) is 30.3 Å². The Labute approximate surface area is 185 Å². The van der Waals surface area contributed by atoms with Gasteiger partial charge in [-0.3, -0.25) is 14.6 Å². The Morgan fingerprint density at radius 1 is 0.750 bits per heavy atom. The number of hydrogen-bond donors (Lipinski definition) is 0. The molecule has 3 aromatic carbocycles. The zero-order chi connectivity index (χ0) is 21.8. The van der Waals surface area contributed by atoms with Crippen LogP contribution in [0, 0.1) is 0 Å². The molecule has 0 unspecified atom stereocenters. The number of carbonyl (C=O) groups excluding carboxylic acids is 2. The number of benzene rings is 3. The average molecular weight is 422 g/mol. The van der Waals surface area contributed by atoms with Gasteiger partial charge >= 0.3 is 0 Å². The fourth-order valence-electron chi connectivity index (χ4n) is 4.89. The van der Waals surface area contributed by atoms with Gasteiger partial charge in [-0.05, 0) is 37.4 Å². The zero-order valence-electron chi connectivity index (χ0n) is 17.8. The molecule has 0 spiro atoms. The van der Waals surface area contributed by atoms with Gasteiger partial charge < -0.3 is 9.80 Å². The first-order chi connectivity index (χ1) is 15.6. The molecule has 0 aliphatic carbocycles. The largest absolute Gasteiger partial charge is 0.368 e. The molecule has 158 valence electrons. The molecule has 3 heterocycles. The molecule has 2 aliphatic rings. The summed E-state index contributed by atoms with van der Waals surface area (Å²) in [4.78, 5) is 37.7. The Hall–Kier alpha value is -3.77. The van der Waals surface area contributed by atoms with Gasteiger partial charge in [-0.15, -0.1) is 0 Å². The lowest BCUT2D eigenvalue weighted by molar-refractivity contribution is 0.0894. The summed E-state index contributed by atoms with van der Waals surface area (Å²) in [5.41, 5.74) is 3.35. The van der Waals surface area contributed by atoms with Crippen LogP contribution in [0.1, 0.15) is 20.7 Å². The van der Waals surface area contributed by atoms with Gasteiger partial charge in [0.05, 0.1) is 11.2 Å². The first-order valence-corrected chi connectivity index (χ1v) is 10.9. The van der Waals surface area contributed by atoms with Gasteiger partial charge in [0.25, 0.3) is 11.8 Å². The summed E-state index contributed by atoms with van der Waals surface area (Å²) in [6.07, 6.45) is 1.68. The number of anilines is 2. The zero-order valence-corrected chi connectivity index (χ0v) is 17.8. The average Bonchev–Trinajstić information content (AvgIpc) is 2.83. The van der Waals surface area contributed by atoms with E-state index in [0.717, 1.165) is 48.0 Å². The molecule has 0 N–H and O–H groups in total. The molecule has 0 bridgehead atoms. The van der Waals surface area contributed by atoms with Crippen LogP contribution in [0.4, 0.5) is 11.4 Å². The Kier molecular flexibility index (Phi) is 4.23. The van der Waals surface area contributed by atoms with Crippen LogP contribution in [0.15, 0.2) is 66.9 Å². The van der Waals surface area contributed by atoms with Crippen LogP contribution in [0.2, 0.25) is 0 Å². The third-order valence-corrected chi connectivity index (χ3v) is 6.58. The third kappa shape index (κ3) is 2.73. The molecule has 0 saturated carbocycles. The summed E-state index contributed by atoms with van der Waals surface area (Å²) >= 11 is 0. The molecule has 2 aliphatic heterocycles. The van der Waals surface area contributed by atoms with Crippen LogP contribution in [0.25, 0.3) is 21.7 Å². The summed E-state index contributed by atoms with van der Waals surface area (Å²) in [6, 6.07) is 19.0. The molecular weight excluding hydrogens is 400 g/mol. The van der Waals surface area contributed by atoms with Gasteiger partial charge in [-0.25, -0.2) is 4.90 Å². The number of amides is 2. The molecule has 6 rings (SSSR count). The number of hydrogen-bond acceptors (Lipinski definition) is 5. The van der Waals surface area contributed by atoms with Crippen LogP contribution in [0.5, 0.6) is 0 Å². The van der Waals surface area contributed by atoms with Crippen LogP contribution < -0.4 is 9.80 Å². The molecule has 6 nitrogen and oxygen atoms in total. The number of nitrogens with zero attached hydrogens (tertiary/aromatic N) is 4. The van der Waals surface area contributed by atoms with Crippen molar-refractivity contribution in [2.45, 2.75) is 0 Å². The third-order valence-electron chi connectivity index (χ3n) is 6.58. The lowest BCUT2D eigenvalue weighted by atomic mass is 9.92. The summed E-state index contributed by atoms with van der Waals surface area (Å²) in [5, 5.41) is 2.60. The van der Waals surface area contributed by atoms with Crippen molar-refractivity contribution >= 4 is 44.9 Å². The molecule has 1 saturated heterocycles. The van der Waals surface area contributed by atoms with E-state index < -0.39 is 0 Å². The van der Waals surface area contributed by atoms with Gasteiger partial charge in [0, 0.05) is 65.3 Å². The highest BCUT2D eigenvalue weighted by Gasteiger charge is 2.36. The predicted molar refractivity (Wildman–Crippen MR) is 127 cm³/mol. The van der Waals surface area contributed by atoms with E-state index in [4.69, 9.17) is 0 Å². The Morgan fingerprint density at radius 3 is 2.28 bits per heavy atom. The number of likely N-dealkylation sites (N-methyl/N-ethyl adjacent to an activating group) is 1. The van der Waals surface area contributed by atoms with Crippen molar-refractivity contribution < 1.29 is 9.59 Å². The van der Waals surface area contributed by atoms with Crippen molar-refractivity contribution in [3.63, 3.8) is 0 Å². The van der Waals surface area contributed by atoms with Gasteiger partial charge in [0.1, 0.15) is 0 Å². The van der Waals surface area contributed by atoms with E-state index in [1.165, 1.54) is 4.90 Å². The number of para-hydroxylation sites is 1. The molecule has 1 fully saturated rings. The van der Waals surface area contributed by atoms with Crippen molar-refractivity contribution in [1.29, 1.82) is 0 Å². The lowest BCUT2D eigenvalue weighted by Crippen LogP contribution is -2.45. The van der Waals surface area contributed by atoms with E-state index in [-0.39, 0.29) is 11.8 Å². The first-order valence-electron chi connectivity index (χ1n) is 10.9. The maximum absolute atomic E-state index is 13.6. The van der Waals surface area contributed by atoms with Gasteiger partial charge in [0.15, 0.2) is 0 Å². The van der Waals surface area contributed by atoms with E-state index >= 15 is 0 Å². The Balaban J connectivity index is 1.52. The van der Waals surface area contributed by atoms with Crippen LogP contribution in [0.3, 0.4) is 0 Å². The first kappa shape index (κ1) is 19.0. The highest BCUT2D eigenvalue weighted by atomic mass is 16.2. The lowest BCUT2D eigenvalue weighted by Gasteiger charge is -2.35.